The summed E-state index contributed by atoms with van der Waals surface area (Å²) >= 11 is 0. The molecule has 0 saturated carbocycles. The quantitative estimate of drug-likeness (QED) is 0.840. The van der Waals surface area contributed by atoms with Crippen LogP contribution in [0.1, 0.15) is 26.3 Å². The van der Waals surface area contributed by atoms with Crippen LogP contribution in [0.5, 0.6) is 11.5 Å². The maximum Gasteiger partial charge on any atom is 0.408 e. The van der Waals surface area contributed by atoms with Crippen molar-refractivity contribution in [3.8, 4) is 11.5 Å². The number of anilines is 1. The second kappa shape index (κ2) is 8.38. The average Bonchev–Trinajstić information content (AvgIpc) is 2.53. The molecular formula is C20H24N2O4. The largest absolute Gasteiger partial charge is 0.457 e. The molecule has 2 aromatic carbocycles. The van der Waals surface area contributed by atoms with Crippen molar-refractivity contribution in [1.82, 2.24) is 5.32 Å². The van der Waals surface area contributed by atoms with Crippen LogP contribution in [0.2, 0.25) is 0 Å². The number of nitrogens with one attached hydrogen (secondary N) is 2. The van der Waals surface area contributed by atoms with Gasteiger partial charge in [0, 0.05) is 5.69 Å². The smallest absolute Gasteiger partial charge is 0.408 e. The molecule has 2 rings (SSSR count). The van der Waals surface area contributed by atoms with Crippen LogP contribution in [0, 0.1) is 6.92 Å². The van der Waals surface area contributed by atoms with E-state index in [0.717, 1.165) is 11.3 Å². The summed E-state index contributed by atoms with van der Waals surface area (Å²) in [5.41, 5.74) is 1.12. The van der Waals surface area contributed by atoms with Gasteiger partial charge in [-0.05, 0) is 69.7 Å². The van der Waals surface area contributed by atoms with Crippen molar-refractivity contribution in [3.63, 3.8) is 0 Å². The van der Waals surface area contributed by atoms with Gasteiger partial charge in [-0.2, -0.15) is 0 Å². The molecule has 0 aliphatic heterocycles. The van der Waals surface area contributed by atoms with Gasteiger partial charge in [-0.3, -0.25) is 4.79 Å². The highest BCUT2D eigenvalue weighted by Gasteiger charge is 2.16. The minimum absolute atomic E-state index is 0.170. The second-order valence-electron chi connectivity index (χ2n) is 6.85. The van der Waals surface area contributed by atoms with Gasteiger partial charge >= 0.3 is 6.09 Å². The molecule has 26 heavy (non-hydrogen) atoms. The maximum atomic E-state index is 11.9. The summed E-state index contributed by atoms with van der Waals surface area (Å²) in [6.07, 6.45) is -0.630. The Hall–Kier alpha value is -3.02. The Labute approximate surface area is 153 Å². The number of aryl methyl sites for hydroxylation is 1. The molecule has 0 bridgehead atoms. The monoisotopic (exact) mass is 356 g/mol. The van der Waals surface area contributed by atoms with Crippen molar-refractivity contribution in [2.75, 3.05) is 11.9 Å². The molecule has 0 aliphatic carbocycles. The summed E-state index contributed by atoms with van der Waals surface area (Å²) in [7, 11) is 0. The lowest BCUT2D eigenvalue weighted by atomic mass is 10.2. The first-order valence-electron chi connectivity index (χ1n) is 8.32. The normalized spacial score (nSPS) is 10.8. The average molecular weight is 356 g/mol. The van der Waals surface area contributed by atoms with Crippen LogP contribution >= 0.6 is 0 Å². The first kappa shape index (κ1) is 19.3. The third-order valence-corrected chi connectivity index (χ3v) is 3.16. The third kappa shape index (κ3) is 6.84. The van der Waals surface area contributed by atoms with E-state index in [4.69, 9.17) is 9.47 Å². The molecule has 0 radical (unpaired) electrons. The molecule has 0 atom stereocenters. The van der Waals surface area contributed by atoms with Crippen molar-refractivity contribution in [1.29, 1.82) is 0 Å². The van der Waals surface area contributed by atoms with Gasteiger partial charge in [-0.1, -0.05) is 12.1 Å². The van der Waals surface area contributed by atoms with Crippen LogP contribution in [-0.4, -0.2) is 24.1 Å². The van der Waals surface area contributed by atoms with Crippen molar-refractivity contribution < 1.29 is 19.1 Å². The lowest BCUT2D eigenvalue weighted by Gasteiger charge is -2.19. The summed E-state index contributed by atoms with van der Waals surface area (Å²) in [4.78, 5) is 23.4. The Morgan fingerprint density at radius 2 is 1.69 bits per heavy atom. The SMILES string of the molecule is Cc1cccc(Oc2ccc(NC(=O)CNC(=O)OC(C)(C)C)cc2)c1. The molecule has 6 nitrogen and oxygen atoms in total. The van der Waals surface area contributed by atoms with Crippen molar-refractivity contribution in [3.05, 3.63) is 54.1 Å². The van der Waals surface area contributed by atoms with Crippen LogP contribution in [0.15, 0.2) is 48.5 Å². The molecule has 6 heteroatoms. The van der Waals surface area contributed by atoms with Crippen LogP contribution in [0.3, 0.4) is 0 Å². The van der Waals surface area contributed by atoms with Gasteiger partial charge in [0.2, 0.25) is 5.91 Å². The number of alkyl carbamates (subject to hydrolysis) is 1. The molecule has 2 amide bonds. The molecule has 0 heterocycles. The second-order valence-corrected chi connectivity index (χ2v) is 6.85. The molecule has 0 fully saturated rings. The lowest BCUT2D eigenvalue weighted by Crippen LogP contribution is -2.37. The molecule has 0 aromatic heterocycles. The third-order valence-electron chi connectivity index (χ3n) is 3.16. The molecule has 2 N–H and O–H groups in total. The van der Waals surface area contributed by atoms with Gasteiger partial charge in [0.15, 0.2) is 0 Å². The number of hydrogen-bond acceptors (Lipinski definition) is 4. The Morgan fingerprint density at radius 3 is 2.31 bits per heavy atom. The molecule has 2 aromatic rings. The molecule has 138 valence electrons. The zero-order valence-corrected chi connectivity index (χ0v) is 15.5. The number of rotatable bonds is 5. The van der Waals surface area contributed by atoms with Gasteiger partial charge in [0.1, 0.15) is 23.6 Å². The van der Waals surface area contributed by atoms with Gasteiger partial charge in [-0.25, -0.2) is 4.79 Å². The minimum atomic E-state index is -0.630. The first-order valence-corrected chi connectivity index (χ1v) is 8.32. The standard InChI is InChI=1S/C20H24N2O4/c1-14-6-5-7-17(12-14)25-16-10-8-15(9-11-16)22-18(23)13-21-19(24)26-20(2,3)4/h5-12H,13H2,1-4H3,(H,21,24)(H,22,23). The van der Waals surface area contributed by atoms with E-state index in [1.807, 2.05) is 31.2 Å². The van der Waals surface area contributed by atoms with Gasteiger partial charge < -0.3 is 20.1 Å². The molecular weight excluding hydrogens is 332 g/mol. The summed E-state index contributed by atoms with van der Waals surface area (Å²) in [6.45, 7) is 7.10. The van der Waals surface area contributed by atoms with E-state index >= 15 is 0 Å². The molecule has 0 unspecified atom stereocenters. The van der Waals surface area contributed by atoms with Crippen molar-refractivity contribution >= 4 is 17.7 Å². The molecule has 0 spiro atoms. The van der Waals surface area contributed by atoms with Crippen LogP contribution in [0.25, 0.3) is 0 Å². The number of hydrogen-bond donors (Lipinski definition) is 2. The number of carbonyl (C=O) groups is 2. The number of benzene rings is 2. The van der Waals surface area contributed by atoms with E-state index in [0.29, 0.717) is 11.4 Å². The van der Waals surface area contributed by atoms with E-state index < -0.39 is 11.7 Å². The van der Waals surface area contributed by atoms with Gasteiger partial charge in [0.25, 0.3) is 0 Å². The Balaban J connectivity index is 1.83. The van der Waals surface area contributed by atoms with Crippen LogP contribution in [-0.2, 0) is 9.53 Å². The predicted octanol–water partition coefficient (Wildman–Crippen LogP) is 4.25. The zero-order valence-electron chi connectivity index (χ0n) is 15.5. The van der Waals surface area contributed by atoms with Gasteiger partial charge in [-0.15, -0.1) is 0 Å². The fraction of sp³-hybridized carbons (Fsp3) is 0.300. The summed E-state index contributed by atoms with van der Waals surface area (Å²) in [6, 6.07) is 14.7. The Kier molecular flexibility index (Phi) is 6.22. The highest BCUT2D eigenvalue weighted by atomic mass is 16.6. The highest BCUT2D eigenvalue weighted by molar-refractivity contribution is 5.93. The maximum absolute atomic E-state index is 11.9. The predicted molar refractivity (Wildman–Crippen MR) is 101 cm³/mol. The fourth-order valence-electron chi connectivity index (χ4n) is 2.09. The first-order chi connectivity index (χ1) is 12.2. The lowest BCUT2D eigenvalue weighted by molar-refractivity contribution is -0.115. The minimum Gasteiger partial charge on any atom is -0.457 e. The topological polar surface area (TPSA) is 76.7 Å². The van der Waals surface area contributed by atoms with E-state index in [2.05, 4.69) is 10.6 Å². The van der Waals surface area contributed by atoms with E-state index in [9.17, 15) is 9.59 Å². The van der Waals surface area contributed by atoms with E-state index in [1.54, 1.807) is 45.0 Å². The molecule has 0 saturated heterocycles. The number of amides is 2. The number of ether oxygens (including phenoxy) is 2. The van der Waals surface area contributed by atoms with Gasteiger partial charge in [0.05, 0.1) is 0 Å². The summed E-state index contributed by atoms with van der Waals surface area (Å²) in [5, 5.41) is 5.11. The Bertz CT molecular complexity index is 764. The summed E-state index contributed by atoms with van der Waals surface area (Å²) in [5.74, 6) is 1.08. The fourth-order valence-corrected chi connectivity index (χ4v) is 2.09. The van der Waals surface area contributed by atoms with Crippen molar-refractivity contribution in [2.24, 2.45) is 0 Å². The number of carbonyl (C=O) groups excluding carboxylic acids is 2. The highest BCUT2D eigenvalue weighted by Crippen LogP contribution is 2.23. The zero-order chi connectivity index (χ0) is 19.2. The van der Waals surface area contributed by atoms with E-state index in [-0.39, 0.29) is 12.5 Å². The van der Waals surface area contributed by atoms with Crippen LogP contribution in [0.4, 0.5) is 10.5 Å². The van der Waals surface area contributed by atoms with Crippen molar-refractivity contribution in [2.45, 2.75) is 33.3 Å². The van der Waals surface area contributed by atoms with E-state index in [1.165, 1.54) is 0 Å². The Morgan fingerprint density at radius 1 is 1.00 bits per heavy atom. The summed E-state index contributed by atoms with van der Waals surface area (Å²) < 4.78 is 10.8. The van der Waals surface area contributed by atoms with Crippen LogP contribution < -0.4 is 15.4 Å². The molecule has 0 aliphatic rings.